The summed E-state index contributed by atoms with van der Waals surface area (Å²) in [6.45, 7) is 0.259. The van der Waals surface area contributed by atoms with Crippen molar-refractivity contribution < 1.29 is 31.9 Å². The molecule has 2 aromatic carbocycles. The van der Waals surface area contributed by atoms with Gasteiger partial charge in [0.05, 0.1) is 36.3 Å². The van der Waals surface area contributed by atoms with Crippen LogP contribution in [0.2, 0.25) is 0 Å². The van der Waals surface area contributed by atoms with E-state index in [1.165, 1.54) is 48.9 Å². The first kappa shape index (κ1) is 22.7. The fourth-order valence-corrected chi connectivity index (χ4v) is 4.94. The van der Waals surface area contributed by atoms with Crippen LogP contribution >= 0.6 is 0 Å². The number of benzene rings is 2. The third-order valence-corrected chi connectivity index (χ3v) is 6.96. The molecule has 0 saturated carbocycles. The van der Waals surface area contributed by atoms with Crippen LogP contribution < -0.4 is 10.1 Å². The summed E-state index contributed by atoms with van der Waals surface area (Å²) >= 11 is 0. The number of methoxy groups -OCH3 is 2. The first-order valence-electron chi connectivity index (χ1n) is 9.59. The molecule has 0 bridgehead atoms. The van der Waals surface area contributed by atoms with E-state index >= 15 is 0 Å². The minimum atomic E-state index is -3.85. The number of hydrogen-bond acceptors (Lipinski definition) is 6. The summed E-state index contributed by atoms with van der Waals surface area (Å²) in [5.41, 5.74) is 0.525. The van der Waals surface area contributed by atoms with Crippen LogP contribution in [-0.2, 0) is 19.6 Å². The lowest BCUT2D eigenvalue weighted by Crippen LogP contribution is -2.43. The quantitative estimate of drug-likeness (QED) is 0.679. The number of nitrogens with zero attached hydrogens (tertiary/aromatic N) is 1. The SMILES string of the molecule is COC(=O)c1ccc(OC)c(NC(=O)[C@H]2CCCN(S(=O)(=O)c3ccc(F)cc3)C2)c1. The van der Waals surface area contributed by atoms with Crippen molar-refractivity contribution in [2.75, 3.05) is 32.6 Å². The molecular weight excluding hydrogens is 427 g/mol. The monoisotopic (exact) mass is 450 g/mol. The van der Waals surface area contributed by atoms with Crippen LogP contribution in [0.3, 0.4) is 0 Å². The maximum absolute atomic E-state index is 13.2. The van der Waals surface area contributed by atoms with Crippen molar-refractivity contribution in [1.82, 2.24) is 4.31 Å². The molecule has 1 N–H and O–H groups in total. The van der Waals surface area contributed by atoms with Gasteiger partial charge in [-0.3, -0.25) is 4.79 Å². The summed E-state index contributed by atoms with van der Waals surface area (Å²) < 4.78 is 50.1. The van der Waals surface area contributed by atoms with Crippen molar-refractivity contribution in [3.8, 4) is 5.75 Å². The second kappa shape index (κ2) is 9.44. The predicted molar refractivity (Wildman–Crippen MR) is 111 cm³/mol. The van der Waals surface area contributed by atoms with Crippen LogP contribution in [0.5, 0.6) is 5.75 Å². The molecule has 1 aliphatic rings. The first-order valence-corrected chi connectivity index (χ1v) is 11.0. The molecule has 0 aliphatic carbocycles. The fraction of sp³-hybridized carbons (Fsp3) is 0.333. The second-order valence-electron chi connectivity index (χ2n) is 7.05. The molecule has 10 heteroatoms. The van der Waals surface area contributed by atoms with E-state index in [9.17, 15) is 22.4 Å². The van der Waals surface area contributed by atoms with E-state index in [0.717, 1.165) is 12.1 Å². The van der Waals surface area contributed by atoms with Gasteiger partial charge < -0.3 is 14.8 Å². The van der Waals surface area contributed by atoms with Gasteiger partial charge in [-0.2, -0.15) is 4.31 Å². The van der Waals surface area contributed by atoms with Crippen LogP contribution in [0.1, 0.15) is 23.2 Å². The smallest absolute Gasteiger partial charge is 0.337 e. The number of carbonyl (C=O) groups is 2. The van der Waals surface area contributed by atoms with Crippen molar-refractivity contribution in [3.63, 3.8) is 0 Å². The van der Waals surface area contributed by atoms with E-state index in [1.54, 1.807) is 0 Å². The zero-order valence-corrected chi connectivity index (χ0v) is 17.9. The van der Waals surface area contributed by atoms with Crippen LogP contribution in [0.4, 0.5) is 10.1 Å². The van der Waals surface area contributed by atoms with Gasteiger partial charge in [0.1, 0.15) is 11.6 Å². The molecule has 1 saturated heterocycles. The molecule has 8 nitrogen and oxygen atoms in total. The Hall–Kier alpha value is -2.98. The zero-order valence-electron chi connectivity index (χ0n) is 17.1. The molecule has 0 aromatic heterocycles. The summed E-state index contributed by atoms with van der Waals surface area (Å²) in [6.07, 6.45) is 0.998. The topological polar surface area (TPSA) is 102 Å². The normalized spacial score (nSPS) is 17.1. The number of piperidine rings is 1. The van der Waals surface area contributed by atoms with E-state index < -0.39 is 27.7 Å². The van der Waals surface area contributed by atoms with Crippen LogP contribution in [0, 0.1) is 11.7 Å². The lowest BCUT2D eigenvalue weighted by Gasteiger charge is -2.31. The van der Waals surface area contributed by atoms with Crippen molar-refractivity contribution in [2.45, 2.75) is 17.7 Å². The first-order chi connectivity index (χ1) is 14.8. The number of amides is 1. The number of hydrogen-bond donors (Lipinski definition) is 1. The average molecular weight is 450 g/mol. The Balaban J connectivity index is 1.77. The molecule has 1 heterocycles. The summed E-state index contributed by atoms with van der Waals surface area (Å²) in [7, 11) is -1.17. The van der Waals surface area contributed by atoms with Crippen molar-refractivity contribution in [1.29, 1.82) is 0 Å². The van der Waals surface area contributed by atoms with E-state index in [4.69, 9.17) is 9.47 Å². The van der Waals surface area contributed by atoms with Crippen molar-refractivity contribution in [2.24, 2.45) is 5.92 Å². The molecule has 1 aliphatic heterocycles. The van der Waals surface area contributed by atoms with Crippen LogP contribution in [0.15, 0.2) is 47.4 Å². The zero-order chi connectivity index (χ0) is 22.6. The Bertz CT molecular complexity index is 1070. The summed E-state index contributed by atoms with van der Waals surface area (Å²) in [6, 6.07) is 9.07. The molecule has 0 unspecified atom stereocenters. The fourth-order valence-electron chi connectivity index (χ4n) is 3.42. The highest BCUT2D eigenvalue weighted by atomic mass is 32.2. The summed E-state index contributed by atoms with van der Waals surface area (Å²) in [5, 5.41) is 2.73. The number of ether oxygens (including phenoxy) is 2. The number of esters is 1. The second-order valence-corrected chi connectivity index (χ2v) is 8.99. The largest absolute Gasteiger partial charge is 0.495 e. The number of sulfonamides is 1. The van der Waals surface area contributed by atoms with Crippen molar-refractivity contribution >= 4 is 27.6 Å². The van der Waals surface area contributed by atoms with Gasteiger partial charge in [-0.05, 0) is 55.3 Å². The molecule has 1 fully saturated rings. The maximum Gasteiger partial charge on any atom is 0.337 e. The standard InChI is InChI=1S/C21H23FN2O6S/c1-29-19-10-5-14(21(26)30-2)12-18(19)23-20(25)15-4-3-11-24(13-15)31(27,28)17-8-6-16(22)7-9-17/h5-10,12,15H,3-4,11,13H2,1-2H3,(H,23,25)/t15-/m0/s1. The Labute approximate surface area is 180 Å². The van der Waals surface area contributed by atoms with E-state index in [0.29, 0.717) is 18.6 Å². The average Bonchev–Trinajstić information content (AvgIpc) is 2.78. The highest BCUT2D eigenvalue weighted by Crippen LogP contribution is 2.29. The molecule has 166 valence electrons. The third-order valence-electron chi connectivity index (χ3n) is 5.08. The van der Waals surface area contributed by atoms with Crippen LogP contribution in [0.25, 0.3) is 0 Å². The highest BCUT2D eigenvalue weighted by Gasteiger charge is 2.33. The lowest BCUT2D eigenvalue weighted by molar-refractivity contribution is -0.120. The number of nitrogens with one attached hydrogen (secondary N) is 1. The third kappa shape index (κ3) is 5.02. The molecule has 1 atom stereocenters. The highest BCUT2D eigenvalue weighted by molar-refractivity contribution is 7.89. The summed E-state index contributed by atoms with van der Waals surface area (Å²) in [4.78, 5) is 24.6. The number of anilines is 1. The number of rotatable bonds is 6. The Kier molecular flexibility index (Phi) is 6.91. The van der Waals surface area contributed by atoms with E-state index in [-0.39, 0.29) is 35.1 Å². The van der Waals surface area contributed by atoms with Gasteiger partial charge in [-0.15, -0.1) is 0 Å². The van der Waals surface area contributed by atoms with Gasteiger partial charge >= 0.3 is 5.97 Å². The Morgan fingerprint density at radius 3 is 2.48 bits per heavy atom. The van der Waals surface area contributed by atoms with Gasteiger partial charge in [0.25, 0.3) is 0 Å². The van der Waals surface area contributed by atoms with Crippen molar-refractivity contribution in [3.05, 3.63) is 53.8 Å². The Morgan fingerprint density at radius 2 is 1.84 bits per heavy atom. The van der Waals surface area contributed by atoms with E-state index in [2.05, 4.69) is 5.32 Å². The molecule has 2 aromatic rings. The van der Waals surface area contributed by atoms with Crippen LogP contribution in [-0.4, -0.2) is 51.9 Å². The maximum atomic E-state index is 13.2. The van der Waals surface area contributed by atoms with Gasteiger partial charge in [-0.25, -0.2) is 17.6 Å². The molecular formula is C21H23FN2O6S. The minimum absolute atomic E-state index is 0.00937. The predicted octanol–water partition coefficient (Wildman–Crippen LogP) is 2.66. The molecule has 31 heavy (non-hydrogen) atoms. The Morgan fingerprint density at radius 1 is 1.13 bits per heavy atom. The number of halogens is 1. The number of carbonyl (C=O) groups excluding carboxylic acids is 2. The van der Waals surface area contributed by atoms with Gasteiger partial charge in [-0.1, -0.05) is 0 Å². The molecule has 1 amide bonds. The minimum Gasteiger partial charge on any atom is -0.495 e. The molecule has 0 radical (unpaired) electrons. The molecule has 0 spiro atoms. The van der Waals surface area contributed by atoms with Gasteiger partial charge in [0.2, 0.25) is 15.9 Å². The van der Waals surface area contributed by atoms with E-state index in [1.807, 2.05) is 0 Å². The lowest BCUT2D eigenvalue weighted by atomic mass is 9.98. The molecule has 3 rings (SSSR count). The summed E-state index contributed by atoms with van der Waals surface area (Å²) in [5.74, 6) is -1.73. The van der Waals surface area contributed by atoms with Gasteiger partial charge in [0.15, 0.2) is 0 Å². The van der Waals surface area contributed by atoms with Gasteiger partial charge in [0, 0.05) is 13.1 Å².